The van der Waals surface area contributed by atoms with E-state index in [-0.39, 0.29) is 0 Å². The van der Waals surface area contributed by atoms with Gasteiger partial charge in [-0.1, -0.05) is 0 Å². The lowest BCUT2D eigenvalue weighted by Crippen LogP contribution is -2.29. The third-order valence-corrected chi connectivity index (χ3v) is 6.15. The third kappa shape index (κ3) is 3.90. The molecule has 2 N–H and O–H groups in total. The van der Waals surface area contributed by atoms with E-state index in [0.29, 0.717) is 46.4 Å². The van der Waals surface area contributed by atoms with Gasteiger partial charge in [-0.25, -0.2) is 23.7 Å². The molecule has 1 aliphatic rings. The van der Waals surface area contributed by atoms with E-state index >= 15 is 0 Å². The van der Waals surface area contributed by atoms with Gasteiger partial charge in [-0.3, -0.25) is 0 Å². The molecule has 168 valence electrons. The van der Waals surface area contributed by atoms with Gasteiger partial charge in [-0.05, 0) is 44.7 Å². The number of alkyl halides is 2. The molecule has 1 fully saturated rings. The molecule has 0 aromatic carbocycles. The molecule has 1 aliphatic carbocycles. The summed E-state index contributed by atoms with van der Waals surface area (Å²) in [6.45, 7) is 1.27. The zero-order valence-electron chi connectivity index (χ0n) is 18.0. The van der Waals surface area contributed by atoms with Gasteiger partial charge in [0, 0.05) is 36.5 Å². The highest BCUT2D eigenvalue weighted by Crippen LogP contribution is 2.29. The molecular formula is C22H25F2N7O. The molecule has 4 aromatic heterocycles. The third-order valence-electron chi connectivity index (χ3n) is 6.15. The van der Waals surface area contributed by atoms with Crippen LogP contribution in [0.5, 0.6) is 0 Å². The van der Waals surface area contributed by atoms with Crippen LogP contribution in [0.1, 0.15) is 31.5 Å². The zero-order chi connectivity index (χ0) is 22.2. The lowest BCUT2D eigenvalue weighted by Gasteiger charge is -2.28. The Kier molecular flexibility index (Phi) is 5.46. The molecular weight excluding hydrogens is 416 g/mol. The Hall–Kier alpha value is -3.14. The van der Waals surface area contributed by atoms with E-state index in [1.165, 1.54) is 4.57 Å². The van der Waals surface area contributed by atoms with Crippen LogP contribution in [0.25, 0.3) is 33.5 Å². The number of anilines is 1. The highest BCUT2D eigenvalue weighted by Gasteiger charge is 2.22. The first kappa shape index (κ1) is 20.7. The maximum atomic E-state index is 13.0. The van der Waals surface area contributed by atoms with Crippen LogP contribution < -0.4 is 5.32 Å². The Labute approximate surface area is 183 Å². The quantitative estimate of drug-likeness (QED) is 0.463. The maximum Gasteiger partial charge on any atom is 0.256 e. The fraction of sp³-hybridized carbons (Fsp3) is 0.455. The van der Waals surface area contributed by atoms with Crippen molar-refractivity contribution in [1.82, 2.24) is 29.5 Å². The first-order valence-corrected chi connectivity index (χ1v) is 10.8. The van der Waals surface area contributed by atoms with Crippen molar-refractivity contribution in [1.29, 1.82) is 0 Å². The number of methoxy groups -OCH3 is 1. The molecule has 1 saturated carbocycles. The molecule has 10 heteroatoms. The topological polar surface area (TPSA) is 93.5 Å². The summed E-state index contributed by atoms with van der Waals surface area (Å²) in [5.41, 5.74) is 3.21. The number of aryl methyl sites for hydroxylation is 1. The second-order valence-corrected chi connectivity index (χ2v) is 8.21. The second-order valence-electron chi connectivity index (χ2n) is 8.21. The Morgan fingerprint density at radius 2 is 2.00 bits per heavy atom. The van der Waals surface area contributed by atoms with Gasteiger partial charge in [0.05, 0.1) is 18.3 Å². The normalized spacial score (nSPS) is 19.3. The molecule has 0 amide bonds. The lowest BCUT2D eigenvalue weighted by atomic mass is 9.93. The van der Waals surface area contributed by atoms with Gasteiger partial charge in [-0.2, -0.15) is 4.98 Å². The summed E-state index contributed by atoms with van der Waals surface area (Å²) >= 11 is 0. The van der Waals surface area contributed by atoms with E-state index < -0.39 is 13.0 Å². The molecule has 0 spiro atoms. The van der Waals surface area contributed by atoms with Gasteiger partial charge in [0.25, 0.3) is 6.43 Å². The fourth-order valence-corrected chi connectivity index (χ4v) is 4.44. The van der Waals surface area contributed by atoms with Crippen molar-refractivity contribution < 1.29 is 13.5 Å². The largest absolute Gasteiger partial charge is 0.381 e. The minimum Gasteiger partial charge on any atom is -0.381 e. The van der Waals surface area contributed by atoms with Crippen LogP contribution >= 0.6 is 0 Å². The summed E-state index contributed by atoms with van der Waals surface area (Å²) in [7, 11) is 1.76. The van der Waals surface area contributed by atoms with E-state index in [9.17, 15) is 8.78 Å². The molecule has 0 radical (unpaired) electrons. The van der Waals surface area contributed by atoms with E-state index in [2.05, 4.69) is 30.2 Å². The Balaban J connectivity index is 1.42. The van der Waals surface area contributed by atoms with Crippen molar-refractivity contribution in [2.45, 2.75) is 57.7 Å². The molecule has 32 heavy (non-hydrogen) atoms. The monoisotopic (exact) mass is 441 g/mol. The number of nitrogens with one attached hydrogen (secondary N) is 2. The fourth-order valence-electron chi connectivity index (χ4n) is 4.44. The van der Waals surface area contributed by atoms with E-state index in [0.717, 1.165) is 36.6 Å². The summed E-state index contributed by atoms with van der Waals surface area (Å²) in [6, 6.07) is 3.97. The van der Waals surface area contributed by atoms with Gasteiger partial charge in [0.1, 0.15) is 17.0 Å². The second kappa shape index (κ2) is 8.42. The summed E-state index contributed by atoms with van der Waals surface area (Å²) in [6.07, 6.45) is 5.54. The highest BCUT2D eigenvalue weighted by molar-refractivity contribution is 5.93. The lowest BCUT2D eigenvalue weighted by molar-refractivity contribution is 0.0681. The number of hydrogen-bond donors (Lipinski definition) is 2. The molecule has 0 unspecified atom stereocenters. The Bertz CT molecular complexity index is 1240. The molecule has 5 rings (SSSR count). The van der Waals surface area contributed by atoms with E-state index in [1.807, 2.05) is 12.3 Å². The van der Waals surface area contributed by atoms with Crippen LogP contribution in [0.3, 0.4) is 0 Å². The highest BCUT2D eigenvalue weighted by atomic mass is 19.3. The number of rotatable bonds is 6. The van der Waals surface area contributed by atoms with Gasteiger partial charge < -0.3 is 19.6 Å². The molecule has 4 aromatic rings. The van der Waals surface area contributed by atoms with Crippen LogP contribution in [-0.2, 0) is 11.3 Å². The zero-order valence-corrected chi connectivity index (χ0v) is 18.0. The molecule has 4 heterocycles. The standard InChI is InChI=1S/C22H25F2N7O/c1-12-27-18-8-7-17(29-21(18)31(12)11-19(23)24)15-9-25-20-16(15)10-26-22(30-20)28-13-3-5-14(32-2)6-4-13/h7-10,13-14,19H,3-6,11H2,1-2H3,(H2,25,26,28,30)/t13-,14+. The predicted octanol–water partition coefficient (Wildman–Crippen LogP) is 4.31. The van der Waals surface area contributed by atoms with Crippen molar-refractivity contribution in [2.75, 3.05) is 12.4 Å². The van der Waals surface area contributed by atoms with Crippen LogP contribution in [0, 0.1) is 6.92 Å². The Morgan fingerprint density at radius 1 is 1.19 bits per heavy atom. The van der Waals surface area contributed by atoms with Crippen molar-refractivity contribution in [3.05, 3.63) is 30.4 Å². The number of imidazole rings is 1. The van der Waals surface area contributed by atoms with Crippen LogP contribution in [0.4, 0.5) is 14.7 Å². The summed E-state index contributed by atoms with van der Waals surface area (Å²) < 4.78 is 32.9. The number of aromatic amines is 1. The average molecular weight is 441 g/mol. The number of hydrogen-bond acceptors (Lipinski definition) is 6. The molecule has 0 bridgehead atoms. The van der Waals surface area contributed by atoms with Gasteiger partial charge >= 0.3 is 0 Å². The first-order valence-electron chi connectivity index (χ1n) is 10.8. The summed E-state index contributed by atoms with van der Waals surface area (Å²) in [5, 5.41) is 4.24. The van der Waals surface area contributed by atoms with Crippen LogP contribution in [0.15, 0.2) is 24.5 Å². The average Bonchev–Trinajstić information content (AvgIpc) is 3.34. The Morgan fingerprint density at radius 3 is 2.75 bits per heavy atom. The molecule has 0 saturated heterocycles. The van der Waals surface area contributed by atoms with E-state index in [1.54, 1.807) is 26.3 Å². The summed E-state index contributed by atoms with van der Waals surface area (Å²) in [4.78, 5) is 21.3. The van der Waals surface area contributed by atoms with Gasteiger partial charge in [0.2, 0.25) is 5.95 Å². The van der Waals surface area contributed by atoms with Crippen molar-refractivity contribution in [3.63, 3.8) is 0 Å². The van der Waals surface area contributed by atoms with Crippen molar-refractivity contribution in [2.24, 2.45) is 0 Å². The maximum absolute atomic E-state index is 13.0. The number of H-pyrrole nitrogens is 1. The van der Waals surface area contributed by atoms with Gasteiger partial charge in [0.15, 0.2) is 5.65 Å². The van der Waals surface area contributed by atoms with Crippen LogP contribution in [0.2, 0.25) is 0 Å². The number of pyridine rings is 1. The minimum absolute atomic E-state index is 0.329. The van der Waals surface area contributed by atoms with Gasteiger partial charge in [-0.15, -0.1) is 0 Å². The minimum atomic E-state index is -2.48. The SMILES string of the molecule is CO[C@H]1CC[C@@H](Nc2ncc3c(-c4ccc5nc(C)n(CC(F)F)c5n4)c[nH]c3n2)CC1. The summed E-state index contributed by atoms with van der Waals surface area (Å²) in [5.74, 6) is 1.10. The molecule has 8 nitrogen and oxygen atoms in total. The number of ether oxygens (including phenoxy) is 1. The number of fused-ring (bicyclic) bond motifs is 2. The number of nitrogens with zero attached hydrogens (tertiary/aromatic N) is 5. The van der Waals surface area contributed by atoms with E-state index in [4.69, 9.17) is 4.74 Å². The van der Waals surface area contributed by atoms with Crippen molar-refractivity contribution >= 4 is 28.1 Å². The molecule has 0 aliphatic heterocycles. The predicted molar refractivity (Wildman–Crippen MR) is 118 cm³/mol. The molecule has 0 atom stereocenters. The number of halogens is 2. The smallest absolute Gasteiger partial charge is 0.256 e. The van der Waals surface area contributed by atoms with Crippen LogP contribution in [-0.4, -0.2) is 55.2 Å². The first-order chi connectivity index (χ1) is 15.5. The number of aromatic nitrogens is 6. The van der Waals surface area contributed by atoms with Crippen molar-refractivity contribution in [3.8, 4) is 11.3 Å².